The number of anilines is 1. The predicted molar refractivity (Wildman–Crippen MR) is 67.2 cm³/mol. The van der Waals surface area contributed by atoms with Crippen LogP contribution in [0.15, 0.2) is 18.3 Å². The Morgan fingerprint density at radius 2 is 2.18 bits per heavy atom. The summed E-state index contributed by atoms with van der Waals surface area (Å²) in [4.78, 5) is 6.39. The third kappa shape index (κ3) is 2.96. The number of nitrogens with zero attached hydrogens (tertiary/aromatic N) is 2. The number of aliphatic hydroxyl groups is 1. The maximum atomic E-state index is 10.4. The quantitative estimate of drug-likeness (QED) is 0.861. The number of hydrogen-bond donors (Lipinski definition) is 1. The lowest BCUT2D eigenvalue weighted by Gasteiger charge is -2.36. The molecule has 0 aliphatic carbocycles. The van der Waals surface area contributed by atoms with Crippen LogP contribution in [0, 0.1) is 6.92 Å². The van der Waals surface area contributed by atoms with Gasteiger partial charge in [-0.05, 0) is 18.6 Å². The number of pyridine rings is 1. The van der Waals surface area contributed by atoms with Gasteiger partial charge >= 0.3 is 0 Å². The summed E-state index contributed by atoms with van der Waals surface area (Å²) in [7, 11) is 1.97. The SMILES string of the molecule is Cc1cccnc1N(C)CC1(O)CCOCC1. The Hall–Kier alpha value is -1.13. The molecule has 94 valence electrons. The Morgan fingerprint density at radius 1 is 1.47 bits per heavy atom. The predicted octanol–water partition coefficient (Wildman–Crippen LogP) is 1.37. The van der Waals surface area contributed by atoms with Crippen LogP contribution in [0.1, 0.15) is 18.4 Å². The van der Waals surface area contributed by atoms with Gasteiger partial charge in [0.05, 0.1) is 5.60 Å². The number of hydrogen-bond acceptors (Lipinski definition) is 4. The van der Waals surface area contributed by atoms with E-state index in [0.29, 0.717) is 32.6 Å². The van der Waals surface area contributed by atoms with E-state index >= 15 is 0 Å². The van der Waals surface area contributed by atoms with E-state index in [-0.39, 0.29) is 0 Å². The summed E-state index contributed by atoms with van der Waals surface area (Å²) in [5.74, 6) is 0.937. The van der Waals surface area contributed by atoms with Crippen LogP contribution >= 0.6 is 0 Å². The lowest BCUT2D eigenvalue weighted by atomic mass is 9.94. The number of likely N-dealkylation sites (N-methyl/N-ethyl adjacent to an activating group) is 1. The molecule has 0 aromatic carbocycles. The van der Waals surface area contributed by atoms with Crippen LogP contribution in [0.4, 0.5) is 5.82 Å². The smallest absolute Gasteiger partial charge is 0.131 e. The van der Waals surface area contributed by atoms with E-state index in [2.05, 4.69) is 4.98 Å². The van der Waals surface area contributed by atoms with Crippen LogP contribution in [-0.2, 0) is 4.74 Å². The van der Waals surface area contributed by atoms with Gasteiger partial charge in [-0.25, -0.2) is 4.98 Å². The van der Waals surface area contributed by atoms with Crippen LogP contribution in [0.3, 0.4) is 0 Å². The second-order valence-corrected chi connectivity index (χ2v) is 4.84. The first-order valence-corrected chi connectivity index (χ1v) is 6.04. The molecule has 0 atom stereocenters. The molecule has 17 heavy (non-hydrogen) atoms. The number of ether oxygens (including phenoxy) is 1. The normalized spacial score (nSPS) is 19.0. The first kappa shape index (κ1) is 12.3. The number of rotatable bonds is 3. The van der Waals surface area contributed by atoms with Crippen molar-refractivity contribution < 1.29 is 9.84 Å². The lowest BCUT2D eigenvalue weighted by Crippen LogP contribution is -2.46. The minimum Gasteiger partial charge on any atom is -0.388 e. The van der Waals surface area contributed by atoms with Crippen LogP contribution in [0.5, 0.6) is 0 Å². The summed E-state index contributed by atoms with van der Waals surface area (Å²) >= 11 is 0. The Morgan fingerprint density at radius 3 is 2.82 bits per heavy atom. The molecule has 0 spiro atoms. The fraction of sp³-hybridized carbons (Fsp3) is 0.615. The zero-order valence-corrected chi connectivity index (χ0v) is 10.5. The number of aromatic nitrogens is 1. The average molecular weight is 236 g/mol. The molecule has 4 nitrogen and oxygen atoms in total. The summed E-state index contributed by atoms with van der Waals surface area (Å²) < 4.78 is 5.28. The third-order valence-electron chi connectivity index (χ3n) is 3.30. The summed E-state index contributed by atoms with van der Waals surface area (Å²) in [6.07, 6.45) is 3.18. The molecule has 2 heterocycles. The second-order valence-electron chi connectivity index (χ2n) is 4.84. The van der Waals surface area contributed by atoms with Crippen LogP contribution in [-0.4, -0.2) is 42.5 Å². The van der Waals surface area contributed by atoms with Gasteiger partial charge < -0.3 is 14.7 Å². The van der Waals surface area contributed by atoms with E-state index in [1.807, 2.05) is 31.0 Å². The summed E-state index contributed by atoms with van der Waals surface area (Å²) in [6.45, 7) is 3.93. The molecule has 1 aliphatic heterocycles. The van der Waals surface area contributed by atoms with Crippen molar-refractivity contribution in [2.45, 2.75) is 25.4 Å². The minimum atomic E-state index is -0.642. The highest BCUT2D eigenvalue weighted by molar-refractivity contribution is 5.45. The third-order valence-corrected chi connectivity index (χ3v) is 3.30. The molecule has 1 aromatic rings. The largest absolute Gasteiger partial charge is 0.388 e. The Balaban J connectivity index is 2.06. The van der Waals surface area contributed by atoms with Crippen LogP contribution < -0.4 is 4.90 Å². The van der Waals surface area contributed by atoms with Crippen molar-refractivity contribution in [2.75, 3.05) is 31.7 Å². The van der Waals surface area contributed by atoms with Gasteiger partial charge in [0.25, 0.3) is 0 Å². The van der Waals surface area contributed by atoms with E-state index in [1.165, 1.54) is 0 Å². The highest BCUT2D eigenvalue weighted by Crippen LogP contribution is 2.24. The molecule has 2 rings (SSSR count). The van der Waals surface area contributed by atoms with Crippen molar-refractivity contribution >= 4 is 5.82 Å². The fourth-order valence-electron chi connectivity index (χ4n) is 2.30. The van der Waals surface area contributed by atoms with Gasteiger partial charge in [-0.2, -0.15) is 0 Å². The zero-order valence-electron chi connectivity index (χ0n) is 10.5. The number of aryl methyl sites for hydroxylation is 1. The lowest BCUT2D eigenvalue weighted by molar-refractivity contribution is -0.0573. The van der Waals surface area contributed by atoms with Gasteiger partial charge in [-0.1, -0.05) is 6.07 Å². The minimum absolute atomic E-state index is 0.605. The molecular weight excluding hydrogens is 216 g/mol. The second kappa shape index (κ2) is 5.02. The highest BCUT2D eigenvalue weighted by Gasteiger charge is 2.31. The summed E-state index contributed by atoms with van der Waals surface area (Å²) in [5.41, 5.74) is 0.488. The van der Waals surface area contributed by atoms with Gasteiger partial charge in [0, 0.05) is 45.8 Å². The van der Waals surface area contributed by atoms with E-state index in [4.69, 9.17) is 4.74 Å². The van der Waals surface area contributed by atoms with E-state index < -0.39 is 5.60 Å². The molecule has 1 fully saturated rings. The zero-order chi connectivity index (χ0) is 12.3. The topological polar surface area (TPSA) is 45.6 Å². The molecule has 0 saturated carbocycles. The Bertz CT molecular complexity index is 375. The molecule has 0 amide bonds. The molecular formula is C13H20N2O2. The molecule has 0 bridgehead atoms. The highest BCUT2D eigenvalue weighted by atomic mass is 16.5. The van der Waals surface area contributed by atoms with Gasteiger partial charge in [0.2, 0.25) is 0 Å². The summed E-state index contributed by atoms with van der Waals surface area (Å²) in [5, 5.41) is 10.4. The van der Waals surface area contributed by atoms with E-state index in [1.54, 1.807) is 6.20 Å². The average Bonchev–Trinajstić information content (AvgIpc) is 2.29. The standard InChI is InChI=1S/C13H20N2O2/c1-11-4-3-7-14-12(11)15(2)10-13(16)5-8-17-9-6-13/h3-4,7,16H,5-6,8-10H2,1-2H3. The van der Waals surface area contributed by atoms with Crippen molar-refractivity contribution in [3.63, 3.8) is 0 Å². The van der Waals surface area contributed by atoms with Gasteiger partial charge in [-0.15, -0.1) is 0 Å². The van der Waals surface area contributed by atoms with Crippen LogP contribution in [0.2, 0.25) is 0 Å². The van der Waals surface area contributed by atoms with Crippen molar-refractivity contribution in [2.24, 2.45) is 0 Å². The molecule has 1 aromatic heterocycles. The van der Waals surface area contributed by atoms with Crippen LogP contribution in [0.25, 0.3) is 0 Å². The van der Waals surface area contributed by atoms with Gasteiger partial charge in [-0.3, -0.25) is 0 Å². The molecule has 0 unspecified atom stereocenters. The molecule has 4 heteroatoms. The van der Waals surface area contributed by atoms with E-state index in [0.717, 1.165) is 11.4 Å². The first-order valence-electron chi connectivity index (χ1n) is 6.04. The van der Waals surface area contributed by atoms with E-state index in [9.17, 15) is 5.11 Å². The molecule has 1 aliphatic rings. The Kier molecular flexibility index (Phi) is 3.64. The van der Waals surface area contributed by atoms with Gasteiger partial charge in [0.1, 0.15) is 5.82 Å². The molecule has 1 N–H and O–H groups in total. The maximum Gasteiger partial charge on any atom is 0.131 e. The van der Waals surface area contributed by atoms with Crippen molar-refractivity contribution in [1.29, 1.82) is 0 Å². The van der Waals surface area contributed by atoms with Crippen molar-refractivity contribution in [3.05, 3.63) is 23.9 Å². The monoisotopic (exact) mass is 236 g/mol. The van der Waals surface area contributed by atoms with Crippen molar-refractivity contribution in [1.82, 2.24) is 4.98 Å². The summed E-state index contributed by atoms with van der Waals surface area (Å²) in [6, 6.07) is 3.96. The maximum absolute atomic E-state index is 10.4. The Labute approximate surface area is 102 Å². The molecule has 1 saturated heterocycles. The fourth-order valence-corrected chi connectivity index (χ4v) is 2.30. The molecule has 0 radical (unpaired) electrons. The van der Waals surface area contributed by atoms with Gasteiger partial charge in [0.15, 0.2) is 0 Å². The van der Waals surface area contributed by atoms with Crippen molar-refractivity contribution in [3.8, 4) is 0 Å². The first-order chi connectivity index (χ1) is 8.11.